The molecule has 1 saturated carbocycles. The van der Waals surface area contributed by atoms with Crippen LogP contribution in [0.3, 0.4) is 0 Å². The summed E-state index contributed by atoms with van der Waals surface area (Å²) in [5.74, 6) is 0.536. The maximum absolute atomic E-state index is 13.6. The van der Waals surface area contributed by atoms with E-state index in [1.807, 2.05) is 41.0 Å². The summed E-state index contributed by atoms with van der Waals surface area (Å²) >= 11 is 0. The zero-order chi connectivity index (χ0) is 23.2. The van der Waals surface area contributed by atoms with Crippen molar-refractivity contribution in [3.05, 3.63) is 69.9 Å². The molecule has 4 aromatic rings. The van der Waals surface area contributed by atoms with Crippen LogP contribution < -0.4 is 5.56 Å². The van der Waals surface area contributed by atoms with Crippen molar-refractivity contribution >= 4 is 27.7 Å². The number of benzene rings is 1. The van der Waals surface area contributed by atoms with E-state index < -0.39 is 0 Å². The fraction of sp³-hybridized carbons (Fsp3) is 0.407. The second kappa shape index (κ2) is 8.38. The van der Waals surface area contributed by atoms with Crippen molar-refractivity contribution in [2.45, 2.75) is 57.4 Å². The topological polar surface area (TPSA) is 83.9 Å². The van der Waals surface area contributed by atoms with Gasteiger partial charge in [0, 0.05) is 36.4 Å². The Morgan fingerprint density at radius 3 is 2.50 bits per heavy atom. The summed E-state index contributed by atoms with van der Waals surface area (Å²) in [5, 5.41) is 6.11. The molecule has 0 radical (unpaired) electrons. The molecular weight excluding hydrogens is 426 g/mol. The first-order valence-electron chi connectivity index (χ1n) is 12.3. The molecule has 174 valence electrons. The summed E-state index contributed by atoms with van der Waals surface area (Å²) in [6.07, 6.45) is 11.8. The second-order valence-electron chi connectivity index (χ2n) is 9.80. The number of nitrogens with zero attached hydrogens (tertiary/aromatic N) is 4. The Hall–Kier alpha value is -3.48. The minimum Gasteiger partial charge on any atom is -0.339 e. The Bertz CT molecular complexity index is 1420. The van der Waals surface area contributed by atoms with Gasteiger partial charge in [0.15, 0.2) is 0 Å². The van der Waals surface area contributed by atoms with Crippen molar-refractivity contribution in [1.29, 1.82) is 0 Å². The van der Waals surface area contributed by atoms with Crippen LogP contribution in [0.2, 0.25) is 0 Å². The Morgan fingerprint density at radius 1 is 1.03 bits per heavy atom. The number of likely N-dealkylation sites (tertiary alicyclic amines) is 1. The number of carbonyl (C=O) groups is 1. The van der Waals surface area contributed by atoms with E-state index in [4.69, 9.17) is 0 Å². The summed E-state index contributed by atoms with van der Waals surface area (Å²) in [5.41, 5.74) is 4.40. The number of carbonyl (C=O) groups excluding carboxylic acids is 1. The third kappa shape index (κ3) is 3.50. The van der Waals surface area contributed by atoms with Crippen molar-refractivity contribution in [3.8, 4) is 0 Å². The first-order valence-corrected chi connectivity index (χ1v) is 12.3. The lowest BCUT2D eigenvalue weighted by atomic mass is 9.89. The predicted octanol–water partition coefficient (Wildman–Crippen LogP) is 4.72. The summed E-state index contributed by atoms with van der Waals surface area (Å²) in [7, 11) is 0. The lowest BCUT2D eigenvalue weighted by molar-refractivity contribution is 0.0712. The van der Waals surface area contributed by atoms with E-state index in [0.29, 0.717) is 22.9 Å². The molecule has 0 atom stereocenters. The zero-order valence-corrected chi connectivity index (χ0v) is 19.5. The average Bonchev–Trinajstić information content (AvgIpc) is 3.55. The number of aromatic nitrogens is 4. The van der Waals surface area contributed by atoms with Crippen LogP contribution in [0.25, 0.3) is 21.8 Å². The van der Waals surface area contributed by atoms with Gasteiger partial charge in [0.2, 0.25) is 0 Å². The minimum absolute atomic E-state index is 0.0684. The molecule has 1 aromatic carbocycles. The first-order chi connectivity index (χ1) is 16.6. The third-order valence-electron chi connectivity index (χ3n) is 7.77. The number of hydrogen-bond donors (Lipinski definition) is 1. The van der Waals surface area contributed by atoms with E-state index in [1.54, 1.807) is 6.20 Å². The Balaban J connectivity index is 1.36. The number of fused-ring (bicyclic) bond motifs is 3. The number of rotatable bonds is 3. The number of aromatic amines is 1. The van der Waals surface area contributed by atoms with Gasteiger partial charge in [-0.3, -0.25) is 19.3 Å². The fourth-order valence-electron chi connectivity index (χ4n) is 5.87. The molecule has 2 aliphatic rings. The second-order valence-corrected chi connectivity index (χ2v) is 9.80. The quantitative estimate of drug-likeness (QED) is 0.485. The van der Waals surface area contributed by atoms with Gasteiger partial charge in [-0.05, 0) is 73.9 Å². The number of pyridine rings is 2. The van der Waals surface area contributed by atoms with Gasteiger partial charge in [0.05, 0.1) is 28.7 Å². The van der Waals surface area contributed by atoms with Crippen molar-refractivity contribution < 1.29 is 4.79 Å². The van der Waals surface area contributed by atoms with Crippen LogP contribution in [0.1, 0.15) is 72.0 Å². The summed E-state index contributed by atoms with van der Waals surface area (Å²) in [4.78, 5) is 35.5. The number of aryl methyl sites for hydroxylation is 1. The Labute approximate surface area is 197 Å². The first kappa shape index (κ1) is 21.1. The molecule has 0 bridgehead atoms. The van der Waals surface area contributed by atoms with E-state index in [-0.39, 0.29) is 11.5 Å². The average molecular weight is 456 g/mol. The van der Waals surface area contributed by atoms with Gasteiger partial charge in [0.25, 0.3) is 11.5 Å². The SMILES string of the molecule is Cc1cc2[nH]c(=O)c3cnn(C4CCCC4)c3c2cc1C(=O)N1CCC(c2ccncc2)CC1. The van der Waals surface area contributed by atoms with Gasteiger partial charge >= 0.3 is 0 Å². The highest BCUT2D eigenvalue weighted by Gasteiger charge is 2.27. The molecule has 1 N–H and O–H groups in total. The molecule has 1 aliphatic heterocycles. The lowest BCUT2D eigenvalue weighted by Crippen LogP contribution is -2.38. The minimum atomic E-state index is -0.122. The molecule has 1 saturated heterocycles. The fourth-order valence-corrected chi connectivity index (χ4v) is 5.87. The predicted molar refractivity (Wildman–Crippen MR) is 132 cm³/mol. The molecule has 34 heavy (non-hydrogen) atoms. The maximum Gasteiger partial charge on any atom is 0.259 e. The maximum atomic E-state index is 13.6. The molecule has 4 heterocycles. The van der Waals surface area contributed by atoms with Gasteiger partial charge in [-0.15, -0.1) is 0 Å². The normalized spacial score (nSPS) is 17.7. The molecule has 3 aromatic heterocycles. The van der Waals surface area contributed by atoms with Crippen LogP contribution in [0.15, 0.2) is 47.7 Å². The molecule has 6 rings (SSSR count). The number of hydrogen-bond acceptors (Lipinski definition) is 4. The smallest absolute Gasteiger partial charge is 0.259 e. The van der Waals surface area contributed by atoms with Gasteiger partial charge < -0.3 is 9.88 Å². The highest BCUT2D eigenvalue weighted by Crippen LogP contribution is 2.34. The molecular formula is C27H29N5O2. The summed E-state index contributed by atoms with van der Waals surface area (Å²) in [6.45, 7) is 3.43. The van der Waals surface area contributed by atoms with E-state index in [2.05, 4.69) is 27.2 Å². The van der Waals surface area contributed by atoms with Gasteiger partial charge in [0.1, 0.15) is 0 Å². The van der Waals surface area contributed by atoms with Crippen LogP contribution in [-0.4, -0.2) is 43.6 Å². The highest BCUT2D eigenvalue weighted by atomic mass is 16.2. The third-order valence-corrected chi connectivity index (χ3v) is 7.77. The van der Waals surface area contributed by atoms with E-state index >= 15 is 0 Å². The largest absolute Gasteiger partial charge is 0.339 e. The van der Waals surface area contributed by atoms with Gasteiger partial charge in [-0.2, -0.15) is 5.10 Å². The molecule has 0 spiro atoms. The van der Waals surface area contributed by atoms with Crippen LogP contribution >= 0.6 is 0 Å². The Morgan fingerprint density at radius 2 is 1.76 bits per heavy atom. The number of nitrogens with one attached hydrogen (secondary N) is 1. The van der Waals surface area contributed by atoms with Gasteiger partial charge in [-0.1, -0.05) is 12.8 Å². The number of amides is 1. The van der Waals surface area contributed by atoms with Crippen molar-refractivity contribution in [1.82, 2.24) is 24.6 Å². The summed E-state index contributed by atoms with van der Waals surface area (Å²) in [6, 6.07) is 8.40. The monoisotopic (exact) mass is 455 g/mol. The van der Waals surface area contributed by atoms with Crippen LogP contribution in [0, 0.1) is 6.92 Å². The highest BCUT2D eigenvalue weighted by molar-refractivity contribution is 6.07. The van der Waals surface area contributed by atoms with E-state index in [1.165, 1.54) is 18.4 Å². The molecule has 0 unspecified atom stereocenters. The van der Waals surface area contributed by atoms with Crippen molar-refractivity contribution in [2.24, 2.45) is 0 Å². The molecule has 7 nitrogen and oxygen atoms in total. The Kier molecular flexibility index (Phi) is 5.20. The van der Waals surface area contributed by atoms with Crippen LogP contribution in [0.5, 0.6) is 0 Å². The van der Waals surface area contributed by atoms with Crippen LogP contribution in [-0.2, 0) is 0 Å². The lowest BCUT2D eigenvalue weighted by Gasteiger charge is -2.32. The van der Waals surface area contributed by atoms with Crippen molar-refractivity contribution in [2.75, 3.05) is 13.1 Å². The molecule has 1 amide bonds. The number of H-pyrrole nitrogens is 1. The van der Waals surface area contributed by atoms with Crippen LogP contribution in [0.4, 0.5) is 0 Å². The van der Waals surface area contributed by atoms with E-state index in [0.717, 1.165) is 60.8 Å². The molecule has 2 fully saturated rings. The van der Waals surface area contributed by atoms with Crippen molar-refractivity contribution in [3.63, 3.8) is 0 Å². The molecule has 7 heteroatoms. The van der Waals surface area contributed by atoms with E-state index in [9.17, 15) is 9.59 Å². The zero-order valence-electron chi connectivity index (χ0n) is 19.5. The number of piperidine rings is 1. The molecule has 1 aliphatic carbocycles. The standard InChI is InChI=1S/C27H29N5O2/c1-17-14-24-22(25-23(26(33)30-24)16-29-32(25)20-4-2-3-5-20)15-21(17)27(34)31-12-8-19(9-13-31)18-6-10-28-11-7-18/h6-7,10-11,14-16,19-20H,2-5,8-9,12-13H2,1H3,(H,30,33). The summed E-state index contributed by atoms with van der Waals surface area (Å²) < 4.78 is 2.03. The van der Waals surface area contributed by atoms with Gasteiger partial charge in [-0.25, -0.2) is 0 Å².